The molecule has 27 heavy (non-hydrogen) atoms. The number of hydrogen-bond acceptors (Lipinski definition) is 4. The summed E-state index contributed by atoms with van der Waals surface area (Å²) >= 11 is 0. The predicted octanol–water partition coefficient (Wildman–Crippen LogP) is 2.21. The van der Waals surface area contributed by atoms with Gasteiger partial charge in [-0.15, -0.1) is 0 Å². The molecule has 6 nitrogen and oxygen atoms in total. The minimum atomic E-state index is 0.0926. The van der Waals surface area contributed by atoms with Gasteiger partial charge in [0, 0.05) is 57.3 Å². The van der Waals surface area contributed by atoms with Gasteiger partial charge in [-0.25, -0.2) is 0 Å². The van der Waals surface area contributed by atoms with Gasteiger partial charge in [0.05, 0.1) is 11.9 Å². The van der Waals surface area contributed by atoms with Gasteiger partial charge in [0.25, 0.3) is 0 Å². The van der Waals surface area contributed by atoms with Gasteiger partial charge < -0.3 is 4.90 Å². The van der Waals surface area contributed by atoms with Crippen LogP contribution in [0.5, 0.6) is 0 Å². The van der Waals surface area contributed by atoms with Crippen LogP contribution < -0.4 is 0 Å². The van der Waals surface area contributed by atoms with Crippen LogP contribution in [0, 0.1) is 0 Å². The zero-order chi connectivity index (χ0) is 18.9. The van der Waals surface area contributed by atoms with Gasteiger partial charge in [0.15, 0.2) is 0 Å². The quantitative estimate of drug-likeness (QED) is 0.904. The normalized spacial score (nSPS) is 25.1. The number of benzene rings is 1. The molecule has 1 aromatic heterocycles. The SMILES string of the molecule is CN1CCC2(CCC1=O)CN(Cc1cn[nH]c1-c1ccccc1)CCN2C. The van der Waals surface area contributed by atoms with Crippen molar-refractivity contribution in [3.8, 4) is 11.3 Å². The number of carbonyl (C=O) groups is 1. The molecule has 2 saturated heterocycles. The summed E-state index contributed by atoms with van der Waals surface area (Å²) in [5, 5.41) is 7.48. The van der Waals surface area contributed by atoms with Crippen LogP contribution in [-0.2, 0) is 11.3 Å². The predicted molar refractivity (Wildman–Crippen MR) is 106 cm³/mol. The number of nitrogens with one attached hydrogen (secondary N) is 1. The Hall–Kier alpha value is -2.18. The first-order valence-corrected chi connectivity index (χ1v) is 9.83. The van der Waals surface area contributed by atoms with Crippen LogP contribution in [-0.4, -0.2) is 76.6 Å². The number of amides is 1. The van der Waals surface area contributed by atoms with E-state index in [0.29, 0.717) is 6.42 Å². The summed E-state index contributed by atoms with van der Waals surface area (Å²) in [4.78, 5) is 19.1. The molecule has 0 radical (unpaired) electrons. The van der Waals surface area contributed by atoms with Crippen LogP contribution in [0.1, 0.15) is 24.8 Å². The van der Waals surface area contributed by atoms with Gasteiger partial charge in [-0.05, 0) is 25.5 Å². The Balaban J connectivity index is 1.51. The third kappa shape index (κ3) is 3.64. The first kappa shape index (κ1) is 18.2. The standard InChI is InChI=1S/C21H29N5O/c1-24-11-10-21(9-8-19(24)27)16-26(13-12-25(21)2)15-18-14-22-23-20(18)17-6-4-3-5-7-17/h3-7,14H,8-13,15-16H2,1-2H3,(H,22,23). The van der Waals surface area contributed by atoms with Gasteiger partial charge in [0.1, 0.15) is 0 Å². The number of rotatable bonds is 3. The molecule has 1 spiro atoms. The topological polar surface area (TPSA) is 55.5 Å². The van der Waals surface area contributed by atoms with Gasteiger partial charge >= 0.3 is 0 Å². The zero-order valence-corrected chi connectivity index (χ0v) is 16.3. The molecule has 0 aliphatic carbocycles. The molecule has 1 amide bonds. The Morgan fingerprint density at radius 2 is 1.93 bits per heavy atom. The molecule has 6 heteroatoms. The van der Waals surface area contributed by atoms with E-state index in [4.69, 9.17) is 0 Å². The van der Waals surface area contributed by atoms with Crippen LogP contribution in [0.25, 0.3) is 11.3 Å². The molecule has 2 fully saturated rings. The van der Waals surface area contributed by atoms with Gasteiger partial charge in [-0.1, -0.05) is 30.3 Å². The Bertz CT molecular complexity index is 789. The zero-order valence-electron chi connectivity index (χ0n) is 16.3. The second-order valence-electron chi connectivity index (χ2n) is 8.06. The van der Waals surface area contributed by atoms with Crippen molar-refractivity contribution in [2.45, 2.75) is 31.3 Å². The lowest BCUT2D eigenvalue weighted by atomic mass is 9.86. The van der Waals surface area contributed by atoms with Crippen LogP contribution >= 0.6 is 0 Å². The second-order valence-corrected chi connectivity index (χ2v) is 8.06. The Kier molecular flexibility index (Phi) is 5.02. The summed E-state index contributed by atoms with van der Waals surface area (Å²) in [7, 11) is 4.15. The maximum absolute atomic E-state index is 12.2. The molecule has 1 unspecified atom stereocenters. The lowest BCUT2D eigenvalue weighted by Crippen LogP contribution is -2.60. The van der Waals surface area contributed by atoms with E-state index in [-0.39, 0.29) is 11.4 Å². The largest absolute Gasteiger partial charge is 0.346 e. The lowest BCUT2D eigenvalue weighted by molar-refractivity contribution is -0.129. The van der Waals surface area contributed by atoms with Gasteiger partial charge in [-0.2, -0.15) is 5.10 Å². The number of H-pyrrole nitrogens is 1. The molecular formula is C21H29N5O. The van der Waals surface area contributed by atoms with E-state index in [2.05, 4.69) is 51.3 Å². The number of likely N-dealkylation sites (tertiary alicyclic amines) is 1. The van der Waals surface area contributed by atoms with Crippen molar-refractivity contribution in [2.24, 2.45) is 0 Å². The van der Waals surface area contributed by atoms with E-state index >= 15 is 0 Å². The van der Waals surface area contributed by atoms with E-state index < -0.39 is 0 Å². The molecule has 2 aliphatic rings. The maximum atomic E-state index is 12.2. The van der Waals surface area contributed by atoms with Gasteiger partial charge in [0.2, 0.25) is 5.91 Å². The average molecular weight is 367 g/mol. The van der Waals surface area contributed by atoms with Crippen molar-refractivity contribution in [3.63, 3.8) is 0 Å². The molecule has 1 N–H and O–H groups in total. The van der Waals surface area contributed by atoms with E-state index in [0.717, 1.165) is 51.3 Å². The van der Waals surface area contributed by atoms with Crippen molar-refractivity contribution < 1.29 is 4.79 Å². The van der Waals surface area contributed by atoms with E-state index in [9.17, 15) is 4.79 Å². The molecule has 2 aromatic rings. The van der Waals surface area contributed by atoms with Crippen LogP contribution in [0.4, 0.5) is 0 Å². The molecule has 2 aliphatic heterocycles. The Morgan fingerprint density at radius 1 is 1.11 bits per heavy atom. The number of nitrogens with zero attached hydrogens (tertiary/aromatic N) is 4. The lowest BCUT2D eigenvalue weighted by Gasteiger charge is -2.49. The smallest absolute Gasteiger partial charge is 0.222 e. The summed E-state index contributed by atoms with van der Waals surface area (Å²) in [6.45, 7) is 4.82. The summed E-state index contributed by atoms with van der Waals surface area (Å²) in [5.41, 5.74) is 3.62. The minimum absolute atomic E-state index is 0.0926. The molecule has 3 heterocycles. The monoisotopic (exact) mass is 367 g/mol. The van der Waals surface area contributed by atoms with Gasteiger partial charge in [-0.3, -0.25) is 19.7 Å². The number of piperazine rings is 1. The molecule has 1 atom stereocenters. The van der Waals surface area contributed by atoms with Crippen molar-refractivity contribution in [1.82, 2.24) is 24.9 Å². The van der Waals surface area contributed by atoms with Crippen LogP contribution in [0.3, 0.4) is 0 Å². The highest BCUT2D eigenvalue weighted by Crippen LogP contribution is 2.33. The summed E-state index contributed by atoms with van der Waals surface area (Å²) in [6, 6.07) is 10.4. The van der Waals surface area contributed by atoms with Crippen molar-refractivity contribution in [3.05, 3.63) is 42.1 Å². The molecular weight excluding hydrogens is 338 g/mol. The molecule has 0 saturated carbocycles. The highest BCUT2D eigenvalue weighted by molar-refractivity contribution is 5.76. The fourth-order valence-corrected chi connectivity index (χ4v) is 4.50. The maximum Gasteiger partial charge on any atom is 0.222 e. The van der Waals surface area contributed by atoms with E-state index in [1.54, 1.807) is 0 Å². The number of carbonyl (C=O) groups excluding carboxylic acids is 1. The fraction of sp³-hybridized carbons (Fsp3) is 0.524. The highest BCUT2D eigenvalue weighted by atomic mass is 16.2. The minimum Gasteiger partial charge on any atom is -0.346 e. The highest BCUT2D eigenvalue weighted by Gasteiger charge is 2.41. The Morgan fingerprint density at radius 3 is 2.74 bits per heavy atom. The van der Waals surface area contributed by atoms with Crippen molar-refractivity contribution in [1.29, 1.82) is 0 Å². The fourth-order valence-electron chi connectivity index (χ4n) is 4.50. The summed E-state index contributed by atoms with van der Waals surface area (Å²) in [6.07, 6.45) is 4.59. The third-order valence-corrected chi connectivity index (χ3v) is 6.40. The summed E-state index contributed by atoms with van der Waals surface area (Å²) in [5.74, 6) is 0.276. The second kappa shape index (κ2) is 7.44. The molecule has 0 bridgehead atoms. The van der Waals surface area contributed by atoms with Crippen LogP contribution in [0.2, 0.25) is 0 Å². The molecule has 1 aromatic carbocycles. The van der Waals surface area contributed by atoms with E-state index in [1.165, 1.54) is 11.1 Å². The van der Waals surface area contributed by atoms with Crippen molar-refractivity contribution >= 4 is 5.91 Å². The first-order valence-electron chi connectivity index (χ1n) is 9.83. The average Bonchev–Trinajstić information content (AvgIpc) is 3.10. The van der Waals surface area contributed by atoms with Crippen LogP contribution in [0.15, 0.2) is 36.5 Å². The number of aromatic nitrogens is 2. The molecule has 4 rings (SSSR count). The van der Waals surface area contributed by atoms with Crippen molar-refractivity contribution in [2.75, 3.05) is 40.3 Å². The third-order valence-electron chi connectivity index (χ3n) is 6.40. The Labute approximate surface area is 161 Å². The first-order chi connectivity index (χ1) is 13.1. The number of hydrogen-bond donors (Lipinski definition) is 1. The van der Waals surface area contributed by atoms with E-state index in [1.807, 2.05) is 24.2 Å². The summed E-state index contributed by atoms with van der Waals surface area (Å²) < 4.78 is 0. The number of likely N-dealkylation sites (N-methyl/N-ethyl adjacent to an activating group) is 1. The molecule has 144 valence electrons. The number of aromatic amines is 1.